The molecule has 0 spiro atoms. The lowest BCUT2D eigenvalue weighted by molar-refractivity contribution is -0.128. The van der Waals surface area contributed by atoms with Crippen molar-refractivity contribution in [3.05, 3.63) is 126 Å². The Balaban J connectivity index is 1.19. The molecule has 1 heterocycles. The molecule has 0 fully saturated rings. The quantitative estimate of drug-likeness (QED) is 0.263. The van der Waals surface area contributed by atoms with Crippen molar-refractivity contribution in [3.8, 4) is 11.5 Å². The number of hydrogen-bond donors (Lipinski definition) is 2. The number of benzene rings is 4. The van der Waals surface area contributed by atoms with E-state index in [9.17, 15) is 14.0 Å². The van der Waals surface area contributed by atoms with Gasteiger partial charge in [0.25, 0.3) is 0 Å². The van der Waals surface area contributed by atoms with E-state index >= 15 is 0 Å². The fourth-order valence-electron chi connectivity index (χ4n) is 4.66. The zero-order valence-electron chi connectivity index (χ0n) is 22.6. The maximum Gasteiger partial charge on any atom is 0.249 e. The van der Waals surface area contributed by atoms with E-state index in [1.165, 1.54) is 35.4 Å². The number of rotatable bonds is 11. The van der Waals surface area contributed by atoms with Crippen LogP contribution in [0, 0.1) is 5.82 Å². The first-order valence-electron chi connectivity index (χ1n) is 13.6. The van der Waals surface area contributed by atoms with E-state index in [0.717, 1.165) is 18.5 Å². The topological polar surface area (TPSA) is 79.9 Å². The van der Waals surface area contributed by atoms with Gasteiger partial charge in [0, 0.05) is 18.8 Å². The van der Waals surface area contributed by atoms with Gasteiger partial charge in [-0.15, -0.1) is 0 Å². The van der Waals surface area contributed by atoms with Gasteiger partial charge in [0.2, 0.25) is 11.8 Å². The van der Waals surface area contributed by atoms with Crippen LogP contribution >= 0.6 is 0 Å². The summed E-state index contributed by atoms with van der Waals surface area (Å²) in [6.07, 6.45) is 0.883. The second-order valence-electron chi connectivity index (χ2n) is 9.92. The highest BCUT2D eigenvalue weighted by atomic mass is 19.1. The average Bonchev–Trinajstić information content (AvgIpc) is 2.99. The summed E-state index contributed by atoms with van der Waals surface area (Å²) in [5.41, 5.74) is 4.04. The molecular formula is C33H32FN3O4. The largest absolute Gasteiger partial charge is 0.457 e. The Morgan fingerprint density at radius 3 is 2.22 bits per heavy atom. The van der Waals surface area contributed by atoms with Gasteiger partial charge >= 0.3 is 0 Å². The molecular weight excluding hydrogens is 521 g/mol. The number of carbonyl (C=O) groups is 2. The van der Waals surface area contributed by atoms with Gasteiger partial charge < -0.3 is 20.1 Å². The van der Waals surface area contributed by atoms with Crippen molar-refractivity contribution in [2.45, 2.75) is 25.6 Å². The Labute approximate surface area is 238 Å². The second-order valence-corrected chi connectivity index (χ2v) is 9.92. The third-order valence-corrected chi connectivity index (χ3v) is 6.80. The Bertz CT molecular complexity index is 1450. The number of carbonyl (C=O) groups excluding carboxylic acids is 2. The first-order valence-corrected chi connectivity index (χ1v) is 13.6. The van der Waals surface area contributed by atoms with Crippen molar-refractivity contribution >= 4 is 17.5 Å². The van der Waals surface area contributed by atoms with Gasteiger partial charge in [0.15, 0.2) is 0 Å². The van der Waals surface area contributed by atoms with Crippen LogP contribution in [-0.4, -0.2) is 42.5 Å². The van der Waals surface area contributed by atoms with Gasteiger partial charge in [0.05, 0.1) is 19.8 Å². The molecule has 4 aromatic rings. The number of hydrogen-bond acceptors (Lipinski definition) is 5. The maximum atomic E-state index is 13.3. The first kappa shape index (κ1) is 28.0. The van der Waals surface area contributed by atoms with E-state index in [0.29, 0.717) is 30.3 Å². The van der Waals surface area contributed by atoms with Gasteiger partial charge in [-0.3, -0.25) is 14.5 Å². The molecule has 1 aliphatic rings. The van der Waals surface area contributed by atoms with Crippen LogP contribution < -0.4 is 15.4 Å². The standard InChI is InChI=1S/C33H32FN3O4/c34-27-10-14-29(15-11-27)41-30-16-12-28(13-17-30)35-33(39)31(23-40-22-24-6-2-1-3-7-24)36-32(38)21-37-19-18-25-8-4-5-9-26(25)20-37/h1-17,31H,18-23H2,(H,35,39)(H,36,38). The molecule has 4 aromatic carbocycles. The summed E-state index contributed by atoms with van der Waals surface area (Å²) in [6.45, 7) is 1.99. The summed E-state index contributed by atoms with van der Waals surface area (Å²) >= 11 is 0. The van der Waals surface area contributed by atoms with Crippen LogP contribution in [0.3, 0.4) is 0 Å². The van der Waals surface area contributed by atoms with Crippen LogP contribution in [0.2, 0.25) is 0 Å². The third-order valence-electron chi connectivity index (χ3n) is 6.80. The lowest BCUT2D eigenvalue weighted by Gasteiger charge is -2.28. The number of nitrogens with one attached hydrogen (secondary N) is 2. The lowest BCUT2D eigenvalue weighted by atomic mass is 10.00. The number of nitrogens with zero attached hydrogens (tertiary/aromatic N) is 1. The van der Waals surface area contributed by atoms with Crippen molar-refractivity contribution in [1.29, 1.82) is 0 Å². The molecule has 210 valence electrons. The average molecular weight is 554 g/mol. The normalized spacial score (nSPS) is 13.6. The predicted octanol–water partition coefficient (Wildman–Crippen LogP) is 5.32. The SMILES string of the molecule is O=C(CN1CCc2ccccc2C1)NC(COCc1ccccc1)C(=O)Nc1ccc(Oc2ccc(F)cc2)cc1. The smallest absolute Gasteiger partial charge is 0.249 e. The molecule has 0 bridgehead atoms. The molecule has 8 heteroatoms. The highest BCUT2D eigenvalue weighted by Crippen LogP contribution is 2.23. The molecule has 0 aliphatic carbocycles. The van der Waals surface area contributed by atoms with Crippen molar-refractivity contribution in [2.24, 2.45) is 0 Å². The number of fused-ring (bicyclic) bond motifs is 1. The van der Waals surface area contributed by atoms with Crippen LogP contribution in [0.1, 0.15) is 16.7 Å². The molecule has 2 amide bonds. The zero-order chi connectivity index (χ0) is 28.4. The molecule has 0 aromatic heterocycles. The molecule has 1 unspecified atom stereocenters. The molecule has 41 heavy (non-hydrogen) atoms. The highest BCUT2D eigenvalue weighted by Gasteiger charge is 2.24. The van der Waals surface area contributed by atoms with Crippen LogP contribution in [0.5, 0.6) is 11.5 Å². The number of anilines is 1. The van der Waals surface area contributed by atoms with Crippen molar-refractivity contribution in [3.63, 3.8) is 0 Å². The molecule has 0 saturated carbocycles. The van der Waals surface area contributed by atoms with Gasteiger partial charge in [-0.05, 0) is 71.6 Å². The fourth-order valence-corrected chi connectivity index (χ4v) is 4.66. The van der Waals surface area contributed by atoms with Crippen LogP contribution in [0.4, 0.5) is 10.1 Å². The molecule has 2 N–H and O–H groups in total. The van der Waals surface area contributed by atoms with Crippen molar-refractivity contribution in [1.82, 2.24) is 10.2 Å². The van der Waals surface area contributed by atoms with Crippen molar-refractivity contribution < 1.29 is 23.5 Å². The summed E-state index contributed by atoms with van der Waals surface area (Å²) in [4.78, 5) is 28.4. The van der Waals surface area contributed by atoms with E-state index in [4.69, 9.17) is 9.47 Å². The summed E-state index contributed by atoms with van der Waals surface area (Å²) in [6, 6.07) is 29.5. The second kappa shape index (κ2) is 13.7. The third kappa shape index (κ3) is 8.23. The molecule has 0 radical (unpaired) electrons. The Morgan fingerprint density at radius 2 is 1.49 bits per heavy atom. The lowest BCUT2D eigenvalue weighted by Crippen LogP contribution is -2.50. The minimum atomic E-state index is -0.890. The predicted molar refractivity (Wildman–Crippen MR) is 155 cm³/mol. The Kier molecular flexibility index (Phi) is 9.36. The maximum absolute atomic E-state index is 13.3. The van der Waals surface area contributed by atoms with E-state index in [1.807, 2.05) is 42.5 Å². The highest BCUT2D eigenvalue weighted by molar-refractivity contribution is 5.97. The van der Waals surface area contributed by atoms with E-state index in [1.54, 1.807) is 24.3 Å². The van der Waals surface area contributed by atoms with E-state index in [-0.39, 0.29) is 30.8 Å². The van der Waals surface area contributed by atoms with Crippen LogP contribution in [0.25, 0.3) is 0 Å². The van der Waals surface area contributed by atoms with Gasteiger partial charge in [-0.25, -0.2) is 4.39 Å². The number of ether oxygens (including phenoxy) is 2. The van der Waals surface area contributed by atoms with Crippen LogP contribution in [-0.2, 0) is 33.9 Å². The number of amides is 2. The van der Waals surface area contributed by atoms with E-state index < -0.39 is 6.04 Å². The van der Waals surface area contributed by atoms with Crippen LogP contribution in [0.15, 0.2) is 103 Å². The molecule has 7 nitrogen and oxygen atoms in total. The summed E-state index contributed by atoms with van der Waals surface area (Å²) in [7, 11) is 0. The van der Waals surface area contributed by atoms with Gasteiger partial charge in [-0.2, -0.15) is 0 Å². The van der Waals surface area contributed by atoms with Crippen molar-refractivity contribution in [2.75, 3.05) is 25.0 Å². The summed E-state index contributed by atoms with van der Waals surface area (Å²) < 4.78 is 24.7. The van der Waals surface area contributed by atoms with Gasteiger partial charge in [-0.1, -0.05) is 54.6 Å². The number of halogens is 1. The zero-order valence-corrected chi connectivity index (χ0v) is 22.6. The fraction of sp³-hybridized carbons (Fsp3) is 0.212. The Hall–Kier alpha value is -4.53. The summed E-state index contributed by atoms with van der Waals surface area (Å²) in [5, 5.41) is 5.73. The minimum absolute atomic E-state index is 0.0149. The van der Waals surface area contributed by atoms with E-state index in [2.05, 4.69) is 27.7 Å². The Morgan fingerprint density at radius 1 is 0.829 bits per heavy atom. The molecule has 1 aliphatic heterocycles. The molecule has 0 saturated heterocycles. The molecule has 1 atom stereocenters. The molecule has 5 rings (SSSR count). The monoisotopic (exact) mass is 553 g/mol. The van der Waals surface area contributed by atoms with Gasteiger partial charge in [0.1, 0.15) is 23.4 Å². The first-order chi connectivity index (χ1) is 20.0. The minimum Gasteiger partial charge on any atom is -0.457 e. The summed E-state index contributed by atoms with van der Waals surface area (Å²) in [5.74, 6) is 0.0667.